The number of rotatable bonds is 3. The lowest BCUT2D eigenvalue weighted by atomic mass is 9.74. The van der Waals surface area contributed by atoms with E-state index in [4.69, 9.17) is 5.73 Å². The van der Waals surface area contributed by atoms with Crippen molar-refractivity contribution in [3.63, 3.8) is 0 Å². The summed E-state index contributed by atoms with van der Waals surface area (Å²) in [7, 11) is 0. The van der Waals surface area contributed by atoms with E-state index in [2.05, 4.69) is 10.6 Å². The molecule has 1 saturated carbocycles. The summed E-state index contributed by atoms with van der Waals surface area (Å²) in [5.74, 6) is -0.201. The molecular weight excluding hydrogens is 304 g/mol. The minimum atomic E-state index is -0.452. The average molecular weight is 330 g/mol. The molecule has 4 N–H and O–H groups in total. The maximum absolute atomic E-state index is 12.7. The fraction of sp³-hybridized carbons (Fsp3) is 0.556. The van der Waals surface area contributed by atoms with Gasteiger partial charge < -0.3 is 16.4 Å². The van der Waals surface area contributed by atoms with Gasteiger partial charge in [-0.2, -0.15) is 0 Å². The number of hydrogen-bond donors (Lipinski definition) is 3. The van der Waals surface area contributed by atoms with E-state index in [0.29, 0.717) is 18.8 Å². The predicted molar refractivity (Wildman–Crippen MR) is 95.0 cm³/mol. The zero-order valence-corrected chi connectivity index (χ0v) is 14.2. The first-order valence-corrected chi connectivity index (χ1v) is 8.72. The Morgan fingerprint density at radius 1 is 1.38 bits per heavy atom. The van der Waals surface area contributed by atoms with Crippen molar-refractivity contribution in [1.29, 1.82) is 0 Å². The number of hydrogen-bond acceptors (Lipinski definition) is 3. The summed E-state index contributed by atoms with van der Waals surface area (Å²) >= 11 is 0. The van der Waals surface area contributed by atoms with Crippen LogP contribution in [0.4, 0.5) is 16.2 Å². The third-order valence-corrected chi connectivity index (χ3v) is 5.08. The Balaban J connectivity index is 1.72. The molecule has 130 valence electrons. The molecule has 0 aromatic heterocycles. The van der Waals surface area contributed by atoms with Crippen molar-refractivity contribution in [2.45, 2.75) is 44.6 Å². The lowest BCUT2D eigenvalue weighted by Crippen LogP contribution is -2.51. The van der Waals surface area contributed by atoms with Gasteiger partial charge in [-0.3, -0.25) is 9.69 Å². The van der Waals surface area contributed by atoms with Crippen LogP contribution in [0.2, 0.25) is 0 Å². The minimum absolute atomic E-state index is 0.0278. The molecule has 0 bridgehead atoms. The van der Waals surface area contributed by atoms with Crippen molar-refractivity contribution in [2.24, 2.45) is 11.7 Å². The number of nitrogens with one attached hydrogen (secondary N) is 2. The van der Waals surface area contributed by atoms with Crippen LogP contribution in [-0.2, 0) is 4.79 Å². The number of urea groups is 1. The standard InChI is InChI=1S/C18H26N4O2/c1-18(19)9-3-2-8-15(18)16(23)21-13-6-4-7-14(12-13)22-11-5-10-20-17(22)24/h4,6-7,12,15H,2-3,5,8-11,19H2,1H3,(H,20,24)(H,21,23). The van der Waals surface area contributed by atoms with Crippen LogP contribution >= 0.6 is 0 Å². The van der Waals surface area contributed by atoms with Crippen molar-refractivity contribution in [3.05, 3.63) is 24.3 Å². The Kier molecular flexibility index (Phi) is 4.76. The van der Waals surface area contributed by atoms with Crippen LogP contribution in [0.5, 0.6) is 0 Å². The van der Waals surface area contributed by atoms with Crippen molar-refractivity contribution in [1.82, 2.24) is 5.32 Å². The van der Waals surface area contributed by atoms with Crippen LogP contribution in [0.25, 0.3) is 0 Å². The molecule has 6 nitrogen and oxygen atoms in total. The first-order chi connectivity index (χ1) is 11.5. The van der Waals surface area contributed by atoms with Crippen molar-refractivity contribution >= 4 is 23.3 Å². The van der Waals surface area contributed by atoms with Gasteiger partial charge in [-0.05, 0) is 44.4 Å². The van der Waals surface area contributed by atoms with Gasteiger partial charge in [0.15, 0.2) is 0 Å². The molecule has 1 aliphatic carbocycles. The third kappa shape index (κ3) is 3.53. The minimum Gasteiger partial charge on any atom is -0.338 e. The Bertz CT molecular complexity index is 629. The molecule has 24 heavy (non-hydrogen) atoms. The van der Waals surface area contributed by atoms with Crippen LogP contribution in [-0.4, -0.2) is 30.6 Å². The summed E-state index contributed by atoms with van der Waals surface area (Å²) < 4.78 is 0. The highest BCUT2D eigenvalue weighted by Gasteiger charge is 2.37. The molecular formula is C18H26N4O2. The Labute approximate surface area is 142 Å². The largest absolute Gasteiger partial charge is 0.338 e. The maximum atomic E-state index is 12.7. The molecule has 2 aliphatic rings. The molecule has 6 heteroatoms. The highest BCUT2D eigenvalue weighted by atomic mass is 16.2. The molecule has 1 heterocycles. The van der Waals surface area contributed by atoms with Gasteiger partial charge in [-0.25, -0.2) is 4.79 Å². The van der Waals surface area contributed by atoms with Gasteiger partial charge >= 0.3 is 6.03 Å². The number of amides is 3. The van der Waals surface area contributed by atoms with E-state index < -0.39 is 5.54 Å². The van der Waals surface area contributed by atoms with Crippen LogP contribution in [0.1, 0.15) is 39.0 Å². The van der Waals surface area contributed by atoms with Gasteiger partial charge in [-0.15, -0.1) is 0 Å². The summed E-state index contributed by atoms with van der Waals surface area (Å²) in [5.41, 5.74) is 7.37. The van der Waals surface area contributed by atoms with E-state index in [1.54, 1.807) is 4.90 Å². The number of nitrogens with two attached hydrogens (primary N) is 1. The molecule has 1 aliphatic heterocycles. The molecule has 3 amide bonds. The average Bonchev–Trinajstić information content (AvgIpc) is 2.55. The van der Waals surface area contributed by atoms with Crippen LogP contribution in [0, 0.1) is 5.92 Å². The Morgan fingerprint density at radius 3 is 2.96 bits per heavy atom. The predicted octanol–water partition coefficient (Wildman–Crippen LogP) is 2.45. The fourth-order valence-electron chi connectivity index (χ4n) is 3.65. The lowest BCUT2D eigenvalue weighted by Gasteiger charge is -2.37. The Morgan fingerprint density at radius 2 is 2.21 bits per heavy atom. The smallest absolute Gasteiger partial charge is 0.321 e. The number of nitrogens with zero attached hydrogens (tertiary/aromatic N) is 1. The number of carbonyl (C=O) groups is 2. The van der Waals surface area contributed by atoms with Crippen LogP contribution < -0.4 is 21.3 Å². The van der Waals surface area contributed by atoms with Gasteiger partial charge in [0.25, 0.3) is 0 Å². The SMILES string of the molecule is CC1(N)CCCCC1C(=O)Nc1cccc(N2CCCNC2=O)c1. The summed E-state index contributed by atoms with van der Waals surface area (Å²) in [4.78, 5) is 26.3. The molecule has 2 atom stereocenters. The molecule has 2 unspecified atom stereocenters. The van der Waals surface area contributed by atoms with E-state index in [1.165, 1.54) is 0 Å². The second kappa shape index (κ2) is 6.81. The maximum Gasteiger partial charge on any atom is 0.321 e. The quantitative estimate of drug-likeness (QED) is 0.795. The van der Waals surface area contributed by atoms with E-state index in [9.17, 15) is 9.59 Å². The van der Waals surface area contributed by atoms with Crippen LogP contribution in [0.3, 0.4) is 0 Å². The molecule has 0 radical (unpaired) electrons. The van der Waals surface area contributed by atoms with Crippen LogP contribution in [0.15, 0.2) is 24.3 Å². The summed E-state index contributed by atoms with van der Waals surface area (Å²) in [6.45, 7) is 3.36. The highest BCUT2D eigenvalue weighted by Crippen LogP contribution is 2.32. The molecule has 1 aromatic carbocycles. The third-order valence-electron chi connectivity index (χ3n) is 5.08. The van der Waals surface area contributed by atoms with E-state index in [1.807, 2.05) is 31.2 Å². The van der Waals surface area contributed by atoms with E-state index >= 15 is 0 Å². The first-order valence-electron chi connectivity index (χ1n) is 8.72. The lowest BCUT2D eigenvalue weighted by molar-refractivity contribution is -0.122. The van der Waals surface area contributed by atoms with Gasteiger partial charge in [0.2, 0.25) is 5.91 Å². The highest BCUT2D eigenvalue weighted by molar-refractivity contribution is 5.96. The topological polar surface area (TPSA) is 87.5 Å². The monoisotopic (exact) mass is 330 g/mol. The molecule has 0 spiro atoms. The number of anilines is 2. The first kappa shape index (κ1) is 16.8. The van der Waals surface area contributed by atoms with Crippen molar-refractivity contribution < 1.29 is 9.59 Å². The molecule has 3 rings (SSSR count). The van der Waals surface area contributed by atoms with Gasteiger partial charge in [0.1, 0.15) is 0 Å². The Hall–Kier alpha value is -2.08. The van der Waals surface area contributed by atoms with Crippen molar-refractivity contribution in [3.8, 4) is 0 Å². The van der Waals surface area contributed by atoms with Gasteiger partial charge in [0.05, 0.1) is 5.92 Å². The van der Waals surface area contributed by atoms with E-state index in [0.717, 1.165) is 37.8 Å². The molecule has 1 aromatic rings. The summed E-state index contributed by atoms with van der Waals surface area (Å²) in [6.07, 6.45) is 4.73. The van der Waals surface area contributed by atoms with E-state index in [-0.39, 0.29) is 17.9 Å². The summed E-state index contributed by atoms with van der Waals surface area (Å²) in [6, 6.07) is 7.34. The molecule has 1 saturated heterocycles. The normalized spacial score (nSPS) is 27.5. The zero-order chi connectivity index (χ0) is 17.2. The summed E-state index contributed by atoms with van der Waals surface area (Å²) in [5, 5.41) is 5.82. The number of carbonyl (C=O) groups excluding carboxylic acids is 2. The molecule has 2 fully saturated rings. The second-order valence-electron chi connectivity index (χ2n) is 7.08. The van der Waals surface area contributed by atoms with Crippen molar-refractivity contribution in [2.75, 3.05) is 23.3 Å². The second-order valence-corrected chi connectivity index (χ2v) is 7.08. The zero-order valence-electron chi connectivity index (χ0n) is 14.2. The fourth-order valence-corrected chi connectivity index (χ4v) is 3.65. The number of benzene rings is 1. The van der Waals surface area contributed by atoms with Gasteiger partial charge in [0, 0.05) is 30.0 Å². The van der Waals surface area contributed by atoms with Gasteiger partial charge in [-0.1, -0.05) is 18.9 Å².